The Morgan fingerprint density at radius 2 is 0.981 bits per heavy atom. The van der Waals surface area contributed by atoms with Gasteiger partial charge in [0.2, 0.25) is 0 Å². The second kappa shape index (κ2) is 10.6. The number of nitrogens with zero attached hydrogens (tertiary/aromatic N) is 2. The van der Waals surface area contributed by atoms with Crippen LogP contribution in [0.1, 0.15) is 25.0 Å². The average molecular weight is 691 g/mol. The maximum Gasteiger partial charge on any atom is 0.145 e. The minimum Gasteiger partial charge on any atom is -0.455 e. The number of rotatable bonds is 3. The highest BCUT2D eigenvalue weighted by Gasteiger charge is 2.38. The normalized spacial score (nSPS) is 13.5. The third-order valence-electron chi connectivity index (χ3n) is 12.1. The van der Waals surface area contributed by atoms with Gasteiger partial charge in [-0.3, -0.25) is 0 Å². The van der Waals surface area contributed by atoms with Crippen LogP contribution in [0.2, 0.25) is 0 Å². The SMILES string of the molecule is CC1(C)c2ccccc2-c2ccc3c(c21)c1cc(-c2ccc4c(c2)c2c5oc6ccccc6c5ccc2n4-c2ccccc2)ccc1n3-c1ccccc1. The van der Waals surface area contributed by atoms with Crippen LogP contribution in [0, 0.1) is 0 Å². The Balaban J connectivity index is 1.16. The molecule has 0 N–H and O–H groups in total. The fourth-order valence-electron chi connectivity index (χ4n) is 9.74. The van der Waals surface area contributed by atoms with Crippen LogP contribution in [-0.4, -0.2) is 9.13 Å². The highest BCUT2D eigenvalue weighted by Crippen LogP contribution is 2.53. The molecule has 3 nitrogen and oxygen atoms in total. The molecule has 0 amide bonds. The molecule has 0 bridgehead atoms. The summed E-state index contributed by atoms with van der Waals surface area (Å²) < 4.78 is 11.5. The molecule has 0 saturated heterocycles. The number of hydrogen-bond donors (Lipinski definition) is 0. The Kier molecular flexibility index (Phi) is 5.84. The van der Waals surface area contributed by atoms with Gasteiger partial charge in [-0.1, -0.05) is 111 Å². The minimum absolute atomic E-state index is 0.145. The fraction of sp³-hybridized carbons (Fsp3) is 0.0588. The molecule has 0 fully saturated rings. The summed E-state index contributed by atoms with van der Waals surface area (Å²) in [4.78, 5) is 0. The van der Waals surface area contributed by atoms with Crippen molar-refractivity contribution < 1.29 is 4.42 Å². The first-order chi connectivity index (χ1) is 26.6. The van der Waals surface area contributed by atoms with E-state index < -0.39 is 0 Å². The molecule has 12 rings (SSSR count). The molecule has 1 aliphatic rings. The van der Waals surface area contributed by atoms with Gasteiger partial charge in [-0.15, -0.1) is 0 Å². The molecule has 0 atom stereocenters. The molecular weight excluding hydrogens is 657 g/mol. The molecule has 11 aromatic rings. The van der Waals surface area contributed by atoms with Crippen molar-refractivity contribution >= 4 is 65.6 Å². The number of aromatic nitrogens is 2. The Labute approximate surface area is 311 Å². The number of para-hydroxylation sites is 3. The first-order valence-corrected chi connectivity index (χ1v) is 18.8. The Hall–Kier alpha value is -6.84. The molecule has 3 heteroatoms. The summed E-state index contributed by atoms with van der Waals surface area (Å²) in [5.41, 5.74) is 16.6. The molecule has 0 unspecified atom stereocenters. The summed E-state index contributed by atoms with van der Waals surface area (Å²) >= 11 is 0. The Bertz CT molecular complexity index is 3340. The van der Waals surface area contributed by atoms with Gasteiger partial charge in [0, 0.05) is 43.7 Å². The van der Waals surface area contributed by atoms with E-state index in [1.165, 1.54) is 66.3 Å². The van der Waals surface area contributed by atoms with Gasteiger partial charge in [0.25, 0.3) is 0 Å². The van der Waals surface area contributed by atoms with Crippen LogP contribution < -0.4 is 0 Å². The molecule has 3 heterocycles. The van der Waals surface area contributed by atoms with Crippen molar-refractivity contribution in [1.29, 1.82) is 0 Å². The summed E-state index contributed by atoms with van der Waals surface area (Å²) in [5.74, 6) is 0. The van der Waals surface area contributed by atoms with Crippen molar-refractivity contribution in [3.05, 3.63) is 181 Å². The van der Waals surface area contributed by atoms with E-state index >= 15 is 0 Å². The summed E-state index contributed by atoms with van der Waals surface area (Å²) in [6, 6.07) is 62.0. The van der Waals surface area contributed by atoms with Crippen LogP contribution in [0.3, 0.4) is 0 Å². The number of hydrogen-bond acceptors (Lipinski definition) is 1. The molecule has 254 valence electrons. The lowest BCUT2D eigenvalue weighted by molar-refractivity contribution is 0.666. The van der Waals surface area contributed by atoms with Crippen LogP contribution in [0.5, 0.6) is 0 Å². The van der Waals surface area contributed by atoms with Gasteiger partial charge in [-0.25, -0.2) is 0 Å². The van der Waals surface area contributed by atoms with Gasteiger partial charge >= 0.3 is 0 Å². The van der Waals surface area contributed by atoms with Crippen molar-refractivity contribution in [3.63, 3.8) is 0 Å². The van der Waals surface area contributed by atoms with Crippen molar-refractivity contribution in [3.8, 4) is 33.6 Å². The molecule has 1 aliphatic carbocycles. The number of fused-ring (bicyclic) bond motifs is 14. The van der Waals surface area contributed by atoms with Gasteiger partial charge in [0.1, 0.15) is 11.2 Å². The van der Waals surface area contributed by atoms with E-state index in [1.54, 1.807) is 0 Å². The maximum atomic E-state index is 6.69. The third kappa shape index (κ3) is 3.85. The zero-order valence-electron chi connectivity index (χ0n) is 30.0. The standard InChI is InChI=1S/C51H34N2O/c1-51(2)41-19-11-9-17-35(41)37-23-27-44-47(49(37)51)39-29-31(21-25-42(39)52(44)33-13-5-3-6-14-33)32-22-26-43-40(30-32)48-45(53(43)34-15-7-4-8-16-34)28-24-38-36-18-10-12-20-46(36)54-50(38)48/h3-30H,1-2H3. The predicted octanol–water partition coefficient (Wildman–Crippen LogP) is 13.8. The van der Waals surface area contributed by atoms with Gasteiger partial charge in [0.05, 0.1) is 27.5 Å². The first-order valence-electron chi connectivity index (χ1n) is 18.8. The molecular formula is C51H34N2O. The van der Waals surface area contributed by atoms with E-state index in [2.05, 4.69) is 187 Å². The number of furan rings is 1. The second-order valence-corrected chi connectivity index (χ2v) is 15.3. The summed E-state index contributed by atoms with van der Waals surface area (Å²) in [6.07, 6.45) is 0. The van der Waals surface area contributed by atoms with Crippen molar-refractivity contribution in [1.82, 2.24) is 9.13 Å². The largest absolute Gasteiger partial charge is 0.455 e. The van der Waals surface area contributed by atoms with Crippen LogP contribution >= 0.6 is 0 Å². The predicted molar refractivity (Wildman–Crippen MR) is 225 cm³/mol. The minimum atomic E-state index is -0.145. The van der Waals surface area contributed by atoms with Crippen LogP contribution in [0.25, 0.3) is 99.2 Å². The molecule has 54 heavy (non-hydrogen) atoms. The highest BCUT2D eigenvalue weighted by atomic mass is 16.3. The zero-order valence-corrected chi connectivity index (χ0v) is 30.0. The fourth-order valence-corrected chi connectivity index (χ4v) is 9.74. The molecule has 0 radical (unpaired) electrons. The molecule has 3 aromatic heterocycles. The van der Waals surface area contributed by atoms with Crippen LogP contribution in [0.15, 0.2) is 174 Å². The van der Waals surface area contributed by atoms with Crippen LogP contribution in [0.4, 0.5) is 0 Å². The van der Waals surface area contributed by atoms with Gasteiger partial charge in [-0.2, -0.15) is 0 Å². The van der Waals surface area contributed by atoms with Gasteiger partial charge in [0.15, 0.2) is 0 Å². The summed E-state index contributed by atoms with van der Waals surface area (Å²) in [7, 11) is 0. The van der Waals surface area contributed by atoms with E-state index in [-0.39, 0.29) is 5.41 Å². The number of benzene rings is 8. The molecule has 0 saturated carbocycles. The third-order valence-corrected chi connectivity index (χ3v) is 12.1. The van der Waals surface area contributed by atoms with Crippen molar-refractivity contribution in [2.75, 3.05) is 0 Å². The average Bonchev–Trinajstić information content (AvgIpc) is 3.93. The quantitative estimate of drug-likeness (QED) is 0.181. The maximum absolute atomic E-state index is 6.69. The summed E-state index contributed by atoms with van der Waals surface area (Å²) in [5, 5.41) is 7.21. The summed E-state index contributed by atoms with van der Waals surface area (Å²) in [6.45, 7) is 4.78. The lowest BCUT2D eigenvalue weighted by atomic mass is 9.80. The van der Waals surface area contributed by atoms with E-state index in [4.69, 9.17) is 4.42 Å². The first kappa shape index (κ1) is 29.7. The second-order valence-electron chi connectivity index (χ2n) is 15.3. The zero-order chi connectivity index (χ0) is 35.7. The molecule has 8 aromatic carbocycles. The smallest absolute Gasteiger partial charge is 0.145 e. The molecule has 0 aliphatic heterocycles. The van der Waals surface area contributed by atoms with E-state index in [0.717, 1.165) is 44.0 Å². The van der Waals surface area contributed by atoms with Gasteiger partial charge in [-0.05, 0) is 106 Å². The van der Waals surface area contributed by atoms with Crippen molar-refractivity contribution in [2.45, 2.75) is 19.3 Å². The lowest BCUT2D eigenvalue weighted by Gasteiger charge is -2.22. The Morgan fingerprint density at radius 3 is 1.69 bits per heavy atom. The highest BCUT2D eigenvalue weighted by molar-refractivity contribution is 6.24. The van der Waals surface area contributed by atoms with Crippen LogP contribution in [-0.2, 0) is 5.41 Å². The van der Waals surface area contributed by atoms with Crippen molar-refractivity contribution in [2.24, 2.45) is 0 Å². The topological polar surface area (TPSA) is 23.0 Å². The Morgan fingerprint density at radius 1 is 0.426 bits per heavy atom. The van der Waals surface area contributed by atoms with E-state index in [0.29, 0.717) is 0 Å². The van der Waals surface area contributed by atoms with E-state index in [9.17, 15) is 0 Å². The molecule has 0 spiro atoms. The lowest BCUT2D eigenvalue weighted by Crippen LogP contribution is -2.15. The van der Waals surface area contributed by atoms with Gasteiger partial charge < -0.3 is 13.6 Å². The monoisotopic (exact) mass is 690 g/mol. The van der Waals surface area contributed by atoms with E-state index in [1.807, 2.05) is 6.07 Å².